The zero-order valence-corrected chi connectivity index (χ0v) is 19.9. The van der Waals surface area contributed by atoms with Crippen LogP contribution < -0.4 is 0 Å². The number of hydrogen-bond donors (Lipinski definition) is 2. The molecule has 3 aliphatic rings. The zero-order chi connectivity index (χ0) is 22.1. The van der Waals surface area contributed by atoms with Gasteiger partial charge in [-0.25, -0.2) is 0 Å². The third kappa shape index (κ3) is 4.86. The van der Waals surface area contributed by atoms with Gasteiger partial charge in [-0.3, -0.25) is 0 Å². The highest BCUT2D eigenvalue weighted by molar-refractivity contribution is 5.38. The maximum atomic E-state index is 10.1. The number of hydrogen-bond acceptors (Lipinski definition) is 2. The van der Waals surface area contributed by atoms with Gasteiger partial charge in [-0.05, 0) is 84.7 Å². The number of fused-ring (bicyclic) bond motifs is 1. The monoisotopic (exact) mass is 412 g/mol. The predicted molar refractivity (Wildman–Crippen MR) is 127 cm³/mol. The van der Waals surface area contributed by atoms with E-state index in [1.54, 1.807) is 5.57 Å². The highest BCUT2D eigenvalue weighted by Gasteiger charge is 2.50. The van der Waals surface area contributed by atoms with Crippen LogP contribution in [0.25, 0.3) is 0 Å². The molecule has 3 saturated carbocycles. The molecule has 7 atom stereocenters. The van der Waals surface area contributed by atoms with Crippen molar-refractivity contribution >= 4 is 0 Å². The molecular formula is C28H44O2. The summed E-state index contributed by atoms with van der Waals surface area (Å²) in [6, 6.07) is 0. The van der Waals surface area contributed by atoms with E-state index in [-0.39, 0.29) is 0 Å². The van der Waals surface area contributed by atoms with E-state index in [4.69, 9.17) is 0 Å². The van der Waals surface area contributed by atoms with Gasteiger partial charge < -0.3 is 10.2 Å². The molecule has 2 N–H and O–H groups in total. The van der Waals surface area contributed by atoms with E-state index in [1.165, 1.54) is 32.1 Å². The lowest BCUT2D eigenvalue weighted by molar-refractivity contribution is 0.0862. The maximum absolute atomic E-state index is 10.1. The quantitative estimate of drug-likeness (QED) is 0.499. The normalized spacial score (nSPS) is 39.8. The minimum atomic E-state index is -0.605. The van der Waals surface area contributed by atoms with Crippen LogP contribution in [0.3, 0.4) is 0 Å². The van der Waals surface area contributed by atoms with E-state index in [1.807, 2.05) is 0 Å². The lowest BCUT2D eigenvalue weighted by Gasteiger charge is -2.44. The third-order valence-electron chi connectivity index (χ3n) is 8.71. The number of aliphatic hydroxyl groups excluding tert-OH is 2. The standard InChI is InChI=1S/C28H44O2/c1-18(2)19(3)9-10-20(4)25-13-14-26-22(8-7-15-28(25,26)6)11-12-23-16-24(29)17-27(30)21(23)5/h9-12,18-20,24-27,29-30H,5,7-8,13-17H2,1-4,6H3/b10-9+,22-11?,23-12?/t19-,20+,24+,25+,26?,27-,28+/m0/s1. The van der Waals surface area contributed by atoms with Crippen LogP contribution in [0.4, 0.5) is 0 Å². The van der Waals surface area contributed by atoms with Crippen LogP contribution >= 0.6 is 0 Å². The molecule has 0 saturated heterocycles. The lowest BCUT2D eigenvalue weighted by atomic mass is 9.61. The molecule has 3 rings (SSSR count). The Labute approximate surface area is 184 Å². The molecule has 0 amide bonds. The Morgan fingerprint density at radius 1 is 1.07 bits per heavy atom. The Bertz CT molecular complexity index is 712. The third-order valence-corrected chi connectivity index (χ3v) is 8.71. The summed E-state index contributed by atoms with van der Waals surface area (Å²) in [5, 5.41) is 20.2. The molecule has 2 nitrogen and oxygen atoms in total. The minimum absolute atomic E-state index is 0.385. The molecular weight excluding hydrogens is 368 g/mol. The van der Waals surface area contributed by atoms with Gasteiger partial charge >= 0.3 is 0 Å². The predicted octanol–water partition coefficient (Wildman–Crippen LogP) is 6.61. The second kappa shape index (κ2) is 9.57. The van der Waals surface area contributed by atoms with Gasteiger partial charge in [0.1, 0.15) is 0 Å². The van der Waals surface area contributed by atoms with Crippen molar-refractivity contribution < 1.29 is 10.2 Å². The van der Waals surface area contributed by atoms with Gasteiger partial charge in [0, 0.05) is 6.42 Å². The second-order valence-electron chi connectivity index (χ2n) is 11.0. The van der Waals surface area contributed by atoms with Crippen molar-refractivity contribution in [3.8, 4) is 0 Å². The van der Waals surface area contributed by atoms with Crippen LogP contribution in [0.2, 0.25) is 0 Å². The highest BCUT2D eigenvalue weighted by Crippen LogP contribution is 2.59. The van der Waals surface area contributed by atoms with E-state index in [9.17, 15) is 10.2 Å². The van der Waals surface area contributed by atoms with Crippen LogP contribution in [0.5, 0.6) is 0 Å². The fourth-order valence-electron chi connectivity index (χ4n) is 6.32. The molecule has 2 heteroatoms. The first kappa shape index (κ1) is 23.5. The fourth-order valence-corrected chi connectivity index (χ4v) is 6.32. The first-order chi connectivity index (χ1) is 14.1. The van der Waals surface area contributed by atoms with E-state index >= 15 is 0 Å². The SMILES string of the molecule is C=C1C(=CC=C2CCC[C@@]3(C)C2CC[C@@H]3[C@H](C)/C=C/[C@H](C)C(C)C)C[C@@H](O)C[C@@H]1O. The second-order valence-corrected chi connectivity index (χ2v) is 11.0. The summed E-state index contributed by atoms with van der Waals surface area (Å²) in [4.78, 5) is 0. The Morgan fingerprint density at radius 2 is 1.80 bits per heavy atom. The molecule has 0 radical (unpaired) electrons. The largest absolute Gasteiger partial charge is 0.393 e. The Hall–Kier alpha value is -1.12. The summed E-state index contributed by atoms with van der Waals surface area (Å²) in [7, 11) is 0. The average Bonchev–Trinajstić information content (AvgIpc) is 3.04. The summed E-state index contributed by atoms with van der Waals surface area (Å²) in [6.07, 6.45) is 15.8. The first-order valence-electron chi connectivity index (χ1n) is 12.3. The minimum Gasteiger partial charge on any atom is -0.393 e. The molecule has 0 aromatic heterocycles. The van der Waals surface area contributed by atoms with Crippen molar-refractivity contribution in [1.82, 2.24) is 0 Å². The van der Waals surface area contributed by atoms with E-state index in [0.717, 1.165) is 17.1 Å². The average molecular weight is 413 g/mol. The smallest absolute Gasteiger partial charge is 0.0811 e. The van der Waals surface area contributed by atoms with Crippen molar-refractivity contribution in [3.63, 3.8) is 0 Å². The van der Waals surface area contributed by atoms with E-state index < -0.39 is 12.2 Å². The molecule has 3 aliphatic carbocycles. The first-order valence-corrected chi connectivity index (χ1v) is 12.3. The van der Waals surface area contributed by atoms with Crippen molar-refractivity contribution in [2.45, 2.75) is 91.8 Å². The fraction of sp³-hybridized carbons (Fsp3) is 0.714. The number of aliphatic hydroxyl groups is 2. The van der Waals surface area contributed by atoms with E-state index in [0.29, 0.717) is 41.9 Å². The summed E-state index contributed by atoms with van der Waals surface area (Å²) in [5.74, 6) is 3.38. The Balaban J connectivity index is 1.76. The summed E-state index contributed by atoms with van der Waals surface area (Å²) in [5.41, 5.74) is 3.77. The summed E-state index contributed by atoms with van der Waals surface area (Å²) >= 11 is 0. The van der Waals surface area contributed by atoms with E-state index in [2.05, 4.69) is 65.5 Å². The highest BCUT2D eigenvalue weighted by atomic mass is 16.3. The molecule has 1 unspecified atom stereocenters. The van der Waals surface area contributed by atoms with Crippen molar-refractivity contribution in [3.05, 3.63) is 47.6 Å². The Kier molecular flexibility index (Phi) is 7.51. The van der Waals surface area contributed by atoms with Crippen molar-refractivity contribution in [1.29, 1.82) is 0 Å². The molecule has 0 aromatic rings. The van der Waals surface area contributed by atoms with Gasteiger partial charge in [-0.1, -0.05) is 71.1 Å². The van der Waals surface area contributed by atoms with Crippen LogP contribution in [-0.4, -0.2) is 22.4 Å². The molecule has 0 heterocycles. The molecule has 3 fully saturated rings. The molecule has 30 heavy (non-hydrogen) atoms. The topological polar surface area (TPSA) is 40.5 Å². The maximum Gasteiger partial charge on any atom is 0.0811 e. The Morgan fingerprint density at radius 3 is 2.50 bits per heavy atom. The molecule has 0 aliphatic heterocycles. The molecule has 0 spiro atoms. The molecule has 168 valence electrons. The van der Waals surface area contributed by atoms with Gasteiger partial charge in [0.2, 0.25) is 0 Å². The van der Waals surface area contributed by atoms with Gasteiger partial charge in [0.05, 0.1) is 12.2 Å². The van der Waals surface area contributed by atoms with Gasteiger partial charge in [-0.2, -0.15) is 0 Å². The zero-order valence-electron chi connectivity index (χ0n) is 19.9. The van der Waals surface area contributed by atoms with Crippen molar-refractivity contribution in [2.24, 2.45) is 35.0 Å². The van der Waals surface area contributed by atoms with Gasteiger partial charge in [0.25, 0.3) is 0 Å². The molecule has 0 bridgehead atoms. The van der Waals surface area contributed by atoms with Crippen LogP contribution in [0.1, 0.15) is 79.6 Å². The summed E-state index contributed by atoms with van der Waals surface area (Å²) in [6.45, 7) is 16.0. The summed E-state index contributed by atoms with van der Waals surface area (Å²) < 4.78 is 0. The van der Waals surface area contributed by atoms with Crippen LogP contribution in [-0.2, 0) is 0 Å². The van der Waals surface area contributed by atoms with Crippen LogP contribution in [0, 0.1) is 35.0 Å². The van der Waals surface area contributed by atoms with Gasteiger partial charge in [0.15, 0.2) is 0 Å². The lowest BCUT2D eigenvalue weighted by Crippen LogP contribution is -2.35. The van der Waals surface area contributed by atoms with Crippen LogP contribution in [0.15, 0.2) is 47.6 Å². The number of rotatable bonds is 5. The van der Waals surface area contributed by atoms with Crippen molar-refractivity contribution in [2.75, 3.05) is 0 Å². The van der Waals surface area contributed by atoms with Gasteiger partial charge in [-0.15, -0.1) is 0 Å². The number of allylic oxidation sites excluding steroid dienone is 5. The molecule has 0 aromatic carbocycles.